The predicted octanol–water partition coefficient (Wildman–Crippen LogP) is 16.0. The van der Waals surface area contributed by atoms with Crippen molar-refractivity contribution in [1.82, 2.24) is 0 Å². The maximum Gasteiger partial charge on any atom is 0.252 e. The summed E-state index contributed by atoms with van der Waals surface area (Å²) in [6.45, 7) is 21.9. The average Bonchev–Trinajstić information content (AvgIpc) is 3.71. The molecule has 0 radical (unpaired) electrons. The van der Waals surface area contributed by atoms with Crippen molar-refractivity contribution in [3.8, 4) is 22.3 Å². The molecule has 0 unspecified atom stereocenters. The molecule has 9 aromatic rings. The van der Waals surface area contributed by atoms with Crippen molar-refractivity contribution in [3.05, 3.63) is 186 Å². The van der Waals surface area contributed by atoms with Crippen molar-refractivity contribution < 1.29 is 4.42 Å². The first-order valence-corrected chi connectivity index (χ1v) is 25.4. The van der Waals surface area contributed by atoms with Gasteiger partial charge in [-0.3, -0.25) is 0 Å². The molecule has 4 aliphatic rings. The zero-order chi connectivity index (χ0) is 47.4. The summed E-state index contributed by atoms with van der Waals surface area (Å²) in [7, 11) is 0. The highest BCUT2D eigenvalue weighted by Gasteiger charge is 2.48. The standard InChI is InChI=1S/C65H61BN2O/c1-40-19-13-14-22-44(40)42-33-57-61-58(34-42)68(54-25-17-15-23-45(54)41-20-11-10-12-21-41)55-36-47-46-24-16-18-26-59(46)69-60(47)39-53(55)66(61)52-37-50-51(65(8,9)32-31-64(50,6)7)38-56(52)67(57)43-27-28-48-49(35-43)63(4,5)30-29-62(48,2)3/h10-28,33-39H,29-32H2,1-9H3. The Hall–Kier alpha value is -6.78. The molecule has 2 aliphatic heterocycles. The topological polar surface area (TPSA) is 19.6 Å². The van der Waals surface area contributed by atoms with Crippen LogP contribution in [-0.4, -0.2) is 6.71 Å². The predicted molar refractivity (Wildman–Crippen MR) is 294 cm³/mol. The lowest BCUT2D eigenvalue weighted by atomic mass is 9.33. The number of para-hydroxylation sites is 2. The molecule has 69 heavy (non-hydrogen) atoms. The Balaban J connectivity index is 1.21. The maximum absolute atomic E-state index is 6.86. The van der Waals surface area contributed by atoms with E-state index in [1.54, 1.807) is 0 Å². The van der Waals surface area contributed by atoms with E-state index in [-0.39, 0.29) is 28.4 Å². The highest BCUT2D eigenvalue weighted by molar-refractivity contribution is 7.00. The van der Waals surface area contributed by atoms with Gasteiger partial charge >= 0.3 is 0 Å². The number of nitrogens with zero attached hydrogens (tertiary/aromatic N) is 2. The van der Waals surface area contributed by atoms with Gasteiger partial charge in [-0.2, -0.15) is 0 Å². The van der Waals surface area contributed by atoms with Gasteiger partial charge in [0.2, 0.25) is 0 Å². The minimum atomic E-state index is -0.0703. The quantitative estimate of drug-likeness (QED) is 0.164. The zero-order valence-electron chi connectivity index (χ0n) is 41.7. The van der Waals surface area contributed by atoms with Gasteiger partial charge in [0.15, 0.2) is 0 Å². The Morgan fingerprint density at radius 2 is 0.971 bits per heavy atom. The van der Waals surface area contributed by atoms with Crippen LogP contribution in [0.5, 0.6) is 0 Å². The molecule has 0 fully saturated rings. The van der Waals surface area contributed by atoms with E-state index in [1.807, 2.05) is 0 Å². The fourth-order valence-corrected chi connectivity index (χ4v) is 13.1. The largest absolute Gasteiger partial charge is 0.456 e. The number of aryl methyl sites for hydroxylation is 1. The van der Waals surface area contributed by atoms with E-state index in [2.05, 4.69) is 230 Å². The summed E-state index contributed by atoms with van der Waals surface area (Å²) < 4.78 is 6.86. The molecule has 0 amide bonds. The van der Waals surface area contributed by atoms with E-state index in [1.165, 1.54) is 101 Å². The average molecular weight is 897 g/mol. The van der Waals surface area contributed by atoms with E-state index in [0.29, 0.717) is 0 Å². The van der Waals surface area contributed by atoms with Crippen LogP contribution in [0.25, 0.3) is 44.2 Å². The van der Waals surface area contributed by atoms with Crippen LogP contribution >= 0.6 is 0 Å². The molecule has 3 heterocycles. The number of hydrogen-bond acceptors (Lipinski definition) is 3. The summed E-state index contributed by atoms with van der Waals surface area (Å²) in [5, 5.41) is 2.27. The molecule has 3 nitrogen and oxygen atoms in total. The van der Waals surface area contributed by atoms with E-state index in [0.717, 1.165) is 46.9 Å². The number of benzene rings is 8. The number of furan rings is 1. The van der Waals surface area contributed by atoms with Gasteiger partial charge in [0, 0.05) is 44.8 Å². The molecule has 2 aliphatic carbocycles. The molecule has 0 saturated heterocycles. The summed E-state index contributed by atoms with van der Waals surface area (Å²) in [6.07, 6.45) is 4.64. The molecule has 8 aromatic carbocycles. The summed E-state index contributed by atoms with van der Waals surface area (Å²) in [4.78, 5) is 5.30. The van der Waals surface area contributed by atoms with Crippen molar-refractivity contribution in [3.63, 3.8) is 0 Å². The summed E-state index contributed by atoms with van der Waals surface area (Å²) in [5.74, 6) is 0. The van der Waals surface area contributed by atoms with Crippen LogP contribution < -0.4 is 26.2 Å². The van der Waals surface area contributed by atoms with E-state index in [4.69, 9.17) is 4.42 Å². The summed E-state index contributed by atoms with van der Waals surface area (Å²) in [6, 6.07) is 60.2. The molecular formula is C65H61BN2O. The van der Waals surface area contributed by atoms with E-state index >= 15 is 0 Å². The van der Waals surface area contributed by atoms with Crippen LogP contribution in [0.15, 0.2) is 162 Å². The molecule has 0 atom stereocenters. The summed E-state index contributed by atoms with van der Waals surface area (Å²) in [5.41, 5.74) is 25.3. The first-order valence-electron chi connectivity index (χ1n) is 25.4. The molecule has 0 bridgehead atoms. The lowest BCUT2D eigenvalue weighted by Gasteiger charge is -2.48. The maximum atomic E-state index is 6.86. The number of hydrogen-bond donors (Lipinski definition) is 0. The lowest BCUT2D eigenvalue weighted by molar-refractivity contribution is 0.332. The first kappa shape index (κ1) is 42.3. The minimum absolute atomic E-state index is 0.0186. The Morgan fingerprint density at radius 3 is 1.70 bits per heavy atom. The number of fused-ring (bicyclic) bond motifs is 9. The van der Waals surface area contributed by atoms with Gasteiger partial charge in [-0.15, -0.1) is 0 Å². The van der Waals surface area contributed by atoms with Gasteiger partial charge in [-0.1, -0.05) is 159 Å². The minimum Gasteiger partial charge on any atom is -0.456 e. The highest BCUT2D eigenvalue weighted by atomic mass is 16.3. The fraction of sp³-hybridized carbons (Fsp3) is 0.262. The van der Waals surface area contributed by atoms with Crippen LogP contribution in [0.4, 0.5) is 34.1 Å². The van der Waals surface area contributed by atoms with E-state index in [9.17, 15) is 0 Å². The second-order valence-corrected chi connectivity index (χ2v) is 23.5. The van der Waals surface area contributed by atoms with Gasteiger partial charge in [0.1, 0.15) is 11.2 Å². The van der Waals surface area contributed by atoms with Crippen LogP contribution in [0, 0.1) is 6.92 Å². The van der Waals surface area contributed by atoms with Crippen molar-refractivity contribution in [2.45, 2.75) is 110 Å². The Bertz CT molecular complexity index is 3610. The van der Waals surface area contributed by atoms with Crippen molar-refractivity contribution in [2.75, 3.05) is 9.80 Å². The molecule has 4 heteroatoms. The van der Waals surface area contributed by atoms with Crippen molar-refractivity contribution in [2.24, 2.45) is 0 Å². The van der Waals surface area contributed by atoms with Gasteiger partial charge < -0.3 is 14.2 Å². The Kier molecular flexibility index (Phi) is 8.97. The molecule has 13 rings (SSSR count). The van der Waals surface area contributed by atoms with Gasteiger partial charge in [0.25, 0.3) is 6.71 Å². The molecule has 340 valence electrons. The summed E-state index contributed by atoms with van der Waals surface area (Å²) >= 11 is 0. The molecule has 1 aromatic heterocycles. The molecule has 0 saturated carbocycles. The number of anilines is 6. The van der Waals surface area contributed by atoms with Gasteiger partial charge in [0.05, 0.1) is 5.69 Å². The second-order valence-electron chi connectivity index (χ2n) is 23.5. The van der Waals surface area contributed by atoms with Crippen molar-refractivity contribution >= 4 is 79.2 Å². The monoisotopic (exact) mass is 896 g/mol. The third-order valence-electron chi connectivity index (χ3n) is 17.3. The number of rotatable bonds is 4. The second kappa shape index (κ2) is 14.6. The third-order valence-corrected chi connectivity index (χ3v) is 17.3. The molecule has 0 spiro atoms. The van der Waals surface area contributed by atoms with Crippen molar-refractivity contribution in [1.29, 1.82) is 0 Å². The fourth-order valence-electron chi connectivity index (χ4n) is 13.1. The Morgan fingerprint density at radius 1 is 0.406 bits per heavy atom. The van der Waals surface area contributed by atoms with E-state index < -0.39 is 0 Å². The van der Waals surface area contributed by atoms with Crippen LogP contribution in [0.2, 0.25) is 0 Å². The SMILES string of the molecule is Cc1ccccc1-c1cc2c3c(c1)N(c1ccccc1-c1ccccc1)c1cc4c(cc1B3c1cc3c(cc1N2c1ccc2c(c1)C(C)(C)CCC2(C)C)C(C)(C)CCC3(C)C)oc1ccccc14. The van der Waals surface area contributed by atoms with Gasteiger partial charge in [-0.25, -0.2) is 0 Å². The lowest BCUT2D eigenvalue weighted by Crippen LogP contribution is -2.62. The third kappa shape index (κ3) is 6.26. The molecular weight excluding hydrogens is 836 g/mol. The van der Waals surface area contributed by atoms with Crippen LogP contribution in [0.3, 0.4) is 0 Å². The highest BCUT2D eigenvalue weighted by Crippen LogP contribution is 2.54. The van der Waals surface area contributed by atoms with Gasteiger partial charge in [-0.05, 0) is 170 Å². The molecule has 0 N–H and O–H groups in total. The normalized spacial score (nSPS) is 17.8. The Labute approximate surface area is 408 Å². The smallest absolute Gasteiger partial charge is 0.252 e. The van der Waals surface area contributed by atoms with Crippen LogP contribution in [0.1, 0.15) is 109 Å². The van der Waals surface area contributed by atoms with Crippen LogP contribution in [-0.2, 0) is 21.7 Å². The zero-order valence-corrected chi connectivity index (χ0v) is 41.7. The first-order chi connectivity index (χ1) is 33.1.